The van der Waals surface area contributed by atoms with Crippen LogP contribution in [-0.2, 0) is 0 Å². The lowest BCUT2D eigenvalue weighted by molar-refractivity contribution is -0.0510. The van der Waals surface area contributed by atoms with Gasteiger partial charge in [0.15, 0.2) is 0 Å². The third-order valence-electron chi connectivity index (χ3n) is 4.90. The van der Waals surface area contributed by atoms with Crippen molar-refractivity contribution in [1.29, 1.82) is 0 Å². The van der Waals surface area contributed by atoms with Crippen LogP contribution in [0, 0.1) is 5.41 Å². The number of anilines is 2. The van der Waals surface area contributed by atoms with Crippen LogP contribution >= 0.6 is 0 Å². The van der Waals surface area contributed by atoms with E-state index < -0.39 is 0 Å². The van der Waals surface area contributed by atoms with Crippen molar-refractivity contribution in [2.45, 2.75) is 45.3 Å². The monoisotopic (exact) mass is 260 g/mol. The average Bonchev–Trinajstić information content (AvgIpc) is 2.93. The number of aliphatic hydroxyl groups excluding tert-OH is 1. The number of aliphatic hydroxyl groups is 1. The minimum Gasteiger partial charge on any atom is -0.392 e. The first-order valence-corrected chi connectivity index (χ1v) is 7.37. The quantitative estimate of drug-likeness (QED) is 0.877. The topological polar surface area (TPSA) is 35.5 Å². The average molecular weight is 260 g/mol. The summed E-state index contributed by atoms with van der Waals surface area (Å²) < 4.78 is 0. The molecule has 0 radical (unpaired) electrons. The molecule has 3 heteroatoms. The van der Waals surface area contributed by atoms with Crippen molar-refractivity contribution in [3.05, 3.63) is 24.3 Å². The molecule has 19 heavy (non-hydrogen) atoms. The van der Waals surface area contributed by atoms with Crippen LogP contribution in [0.5, 0.6) is 0 Å². The zero-order chi connectivity index (χ0) is 13.5. The molecule has 0 amide bonds. The second-order valence-electron chi connectivity index (χ2n) is 6.48. The van der Waals surface area contributed by atoms with Crippen molar-refractivity contribution in [2.24, 2.45) is 5.41 Å². The minimum atomic E-state index is -0.177. The Hall–Kier alpha value is -1.22. The molecule has 3 rings (SSSR count). The fraction of sp³-hybridized carbons (Fsp3) is 0.625. The summed E-state index contributed by atoms with van der Waals surface area (Å²) in [4.78, 5) is 2.46. The molecule has 2 N–H and O–H groups in total. The van der Waals surface area contributed by atoms with Gasteiger partial charge in [-0.2, -0.15) is 0 Å². The maximum absolute atomic E-state index is 9.85. The van der Waals surface area contributed by atoms with E-state index in [0.29, 0.717) is 6.04 Å². The number of para-hydroxylation sites is 2. The predicted molar refractivity (Wildman–Crippen MR) is 79.7 cm³/mol. The van der Waals surface area contributed by atoms with Crippen LogP contribution in [-0.4, -0.2) is 30.3 Å². The summed E-state index contributed by atoms with van der Waals surface area (Å²) in [5.41, 5.74) is 2.50. The van der Waals surface area contributed by atoms with E-state index in [1.165, 1.54) is 24.2 Å². The maximum atomic E-state index is 9.85. The Bertz CT molecular complexity index is 452. The van der Waals surface area contributed by atoms with Crippen LogP contribution in [0.1, 0.15) is 33.1 Å². The number of benzene rings is 1. The van der Waals surface area contributed by atoms with E-state index in [2.05, 4.69) is 48.3 Å². The van der Waals surface area contributed by atoms with Crippen molar-refractivity contribution in [1.82, 2.24) is 0 Å². The number of rotatable bonds is 3. The molecular formula is C16H24N2O. The highest BCUT2D eigenvalue weighted by atomic mass is 16.3. The van der Waals surface area contributed by atoms with Crippen molar-refractivity contribution in [3.8, 4) is 0 Å². The van der Waals surface area contributed by atoms with Gasteiger partial charge in [-0.1, -0.05) is 26.0 Å². The van der Waals surface area contributed by atoms with Crippen LogP contribution in [0.3, 0.4) is 0 Å². The van der Waals surface area contributed by atoms with E-state index in [4.69, 9.17) is 0 Å². The molecule has 1 aliphatic carbocycles. The SMILES string of the molecule is CC1(C)C(O)CC1Nc1ccccc1N1CCCC1. The molecule has 0 aromatic heterocycles. The molecular weight excluding hydrogens is 236 g/mol. The lowest BCUT2D eigenvalue weighted by Crippen LogP contribution is -2.57. The van der Waals surface area contributed by atoms with E-state index in [0.717, 1.165) is 19.5 Å². The molecule has 0 bridgehead atoms. The van der Waals surface area contributed by atoms with Gasteiger partial charge in [-0.25, -0.2) is 0 Å². The van der Waals surface area contributed by atoms with Crippen LogP contribution < -0.4 is 10.2 Å². The molecule has 1 aromatic rings. The second-order valence-corrected chi connectivity index (χ2v) is 6.48. The van der Waals surface area contributed by atoms with Crippen molar-refractivity contribution in [3.63, 3.8) is 0 Å². The van der Waals surface area contributed by atoms with E-state index in [9.17, 15) is 5.11 Å². The van der Waals surface area contributed by atoms with Crippen molar-refractivity contribution in [2.75, 3.05) is 23.3 Å². The van der Waals surface area contributed by atoms with Gasteiger partial charge in [-0.05, 0) is 31.4 Å². The van der Waals surface area contributed by atoms with Crippen LogP contribution in [0.2, 0.25) is 0 Å². The Kier molecular flexibility index (Phi) is 3.17. The van der Waals surface area contributed by atoms with Gasteiger partial charge in [0.1, 0.15) is 0 Å². The fourth-order valence-electron chi connectivity index (χ4n) is 3.16. The summed E-state index contributed by atoms with van der Waals surface area (Å²) >= 11 is 0. The lowest BCUT2D eigenvalue weighted by Gasteiger charge is -2.50. The molecule has 1 heterocycles. The van der Waals surface area contributed by atoms with Gasteiger partial charge in [-0.3, -0.25) is 0 Å². The van der Waals surface area contributed by atoms with Crippen LogP contribution in [0.25, 0.3) is 0 Å². The zero-order valence-corrected chi connectivity index (χ0v) is 11.9. The number of hydrogen-bond donors (Lipinski definition) is 2. The summed E-state index contributed by atoms with van der Waals surface area (Å²) in [6.45, 7) is 6.60. The molecule has 2 fully saturated rings. The molecule has 0 spiro atoms. The van der Waals surface area contributed by atoms with Crippen LogP contribution in [0.4, 0.5) is 11.4 Å². The first-order valence-electron chi connectivity index (χ1n) is 7.37. The predicted octanol–water partition coefficient (Wildman–Crippen LogP) is 2.86. The van der Waals surface area contributed by atoms with Gasteiger partial charge in [0.25, 0.3) is 0 Å². The Morgan fingerprint density at radius 2 is 1.89 bits per heavy atom. The molecule has 1 saturated carbocycles. The molecule has 104 valence electrons. The van der Waals surface area contributed by atoms with E-state index in [1.807, 2.05) is 0 Å². The normalized spacial score (nSPS) is 29.1. The maximum Gasteiger partial charge on any atom is 0.0630 e. The first kappa shape index (κ1) is 12.8. The smallest absolute Gasteiger partial charge is 0.0630 e. The molecule has 2 unspecified atom stereocenters. The molecule has 1 aromatic carbocycles. The number of hydrogen-bond acceptors (Lipinski definition) is 3. The molecule has 3 nitrogen and oxygen atoms in total. The second kappa shape index (κ2) is 4.71. The van der Waals surface area contributed by atoms with Gasteiger partial charge in [0.2, 0.25) is 0 Å². The Morgan fingerprint density at radius 1 is 1.21 bits per heavy atom. The Balaban J connectivity index is 1.78. The summed E-state index contributed by atoms with van der Waals surface area (Å²) in [5, 5.41) is 13.5. The highest BCUT2D eigenvalue weighted by molar-refractivity contribution is 5.71. The standard InChI is InChI=1S/C16H24N2O/c1-16(2)14(11-15(16)19)17-12-7-3-4-8-13(12)18-9-5-6-10-18/h3-4,7-8,14-15,17,19H,5-6,9-11H2,1-2H3. The minimum absolute atomic E-state index is 0.0296. The molecule has 2 atom stereocenters. The van der Waals surface area contributed by atoms with E-state index in [1.54, 1.807) is 0 Å². The molecule has 1 aliphatic heterocycles. The Morgan fingerprint density at radius 3 is 2.53 bits per heavy atom. The summed E-state index contributed by atoms with van der Waals surface area (Å²) in [7, 11) is 0. The summed E-state index contributed by atoms with van der Waals surface area (Å²) in [5.74, 6) is 0. The van der Waals surface area contributed by atoms with Gasteiger partial charge >= 0.3 is 0 Å². The zero-order valence-electron chi connectivity index (χ0n) is 11.9. The fourth-order valence-corrected chi connectivity index (χ4v) is 3.16. The third kappa shape index (κ3) is 2.20. The highest BCUT2D eigenvalue weighted by Crippen LogP contribution is 2.43. The van der Waals surface area contributed by atoms with Gasteiger partial charge in [-0.15, -0.1) is 0 Å². The lowest BCUT2D eigenvalue weighted by atomic mass is 9.64. The van der Waals surface area contributed by atoms with E-state index in [-0.39, 0.29) is 11.5 Å². The van der Waals surface area contributed by atoms with Crippen molar-refractivity contribution >= 4 is 11.4 Å². The molecule has 1 saturated heterocycles. The number of nitrogens with one attached hydrogen (secondary N) is 1. The highest BCUT2D eigenvalue weighted by Gasteiger charge is 2.47. The number of nitrogens with zero attached hydrogens (tertiary/aromatic N) is 1. The van der Waals surface area contributed by atoms with Crippen molar-refractivity contribution < 1.29 is 5.11 Å². The summed E-state index contributed by atoms with van der Waals surface area (Å²) in [6, 6.07) is 8.93. The first-order chi connectivity index (χ1) is 9.09. The van der Waals surface area contributed by atoms with Gasteiger partial charge in [0.05, 0.1) is 17.5 Å². The van der Waals surface area contributed by atoms with Gasteiger partial charge < -0.3 is 15.3 Å². The largest absolute Gasteiger partial charge is 0.392 e. The third-order valence-corrected chi connectivity index (χ3v) is 4.90. The van der Waals surface area contributed by atoms with Crippen LogP contribution in [0.15, 0.2) is 24.3 Å². The van der Waals surface area contributed by atoms with E-state index >= 15 is 0 Å². The Labute approximate surface area is 115 Å². The molecule has 2 aliphatic rings. The van der Waals surface area contributed by atoms with Gasteiger partial charge in [0, 0.05) is 24.5 Å². The summed E-state index contributed by atoms with van der Waals surface area (Å²) in [6.07, 6.45) is 3.26.